The summed E-state index contributed by atoms with van der Waals surface area (Å²) in [7, 11) is 0. The molecule has 0 radical (unpaired) electrons. The minimum absolute atomic E-state index is 0.0375. The van der Waals surface area contributed by atoms with Crippen LogP contribution in [0.4, 0.5) is 0 Å². The van der Waals surface area contributed by atoms with E-state index in [0.29, 0.717) is 23.2 Å². The van der Waals surface area contributed by atoms with Gasteiger partial charge in [0.2, 0.25) is 0 Å². The van der Waals surface area contributed by atoms with Crippen LogP contribution >= 0.6 is 0 Å². The van der Waals surface area contributed by atoms with Crippen LogP contribution in [0, 0.1) is 35.0 Å². The third-order valence-corrected chi connectivity index (χ3v) is 6.57. The first-order valence-electron chi connectivity index (χ1n) is 8.72. The van der Waals surface area contributed by atoms with E-state index in [1.165, 1.54) is 25.7 Å². The third kappa shape index (κ3) is 2.98. The van der Waals surface area contributed by atoms with E-state index in [2.05, 4.69) is 46.8 Å². The minimum atomic E-state index is -0.0375. The van der Waals surface area contributed by atoms with Gasteiger partial charge in [-0.25, -0.2) is 0 Å². The van der Waals surface area contributed by atoms with Crippen LogP contribution in [-0.2, 0) is 0 Å². The lowest BCUT2D eigenvalue weighted by Crippen LogP contribution is -2.41. The monoisotopic (exact) mass is 278 g/mol. The first-order valence-corrected chi connectivity index (χ1v) is 8.72. The molecule has 6 atom stereocenters. The normalized spacial score (nSPS) is 41.0. The van der Waals surface area contributed by atoms with Crippen LogP contribution in [0.25, 0.3) is 0 Å². The second-order valence-corrected chi connectivity index (χ2v) is 8.10. The van der Waals surface area contributed by atoms with Crippen molar-refractivity contribution in [2.75, 3.05) is 0 Å². The zero-order valence-electron chi connectivity index (χ0n) is 14.1. The molecule has 2 saturated carbocycles. The first kappa shape index (κ1) is 16.1. The number of aliphatic hydroxyl groups is 1. The highest BCUT2D eigenvalue weighted by molar-refractivity contribution is 5.05. The van der Waals surface area contributed by atoms with Crippen molar-refractivity contribution >= 4 is 0 Å². The van der Waals surface area contributed by atoms with Crippen molar-refractivity contribution in [1.29, 1.82) is 0 Å². The summed E-state index contributed by atoms with van der Waals surface area (Å²) in [6.07, 6.45) is 10.9. The molecule has 1 unspecified atom stereocenters. The molecule has 2 fully saturated rings. The molecular formula is C19H34O. The van der Waals surface area contributed by atoms with Gasteiger partial charge in [-0.2, -0.15) is 0 Å². The van der Waals surface area contributed by atoms with Crippen molar-refractivity contribution < 1.29 is 5.11 Å². The molecule has 0 aliphatic heterocycles. The SMILES string of the molecule is CC(C)[C@@H](C)/C=C/[C@@H](C)[C@H]1CC[C@H]2C(O)CCC[C@]12C. The minimum Gasteiger partial charge on any atom is -0.393 e. The maximum Gasteiger partial charge on any atom is 0.0573 e. The van der Waals surface area contributed by atoms with Crippen LogP contribution in [0.5, 0.6) is 0 Å². The average molecular weight is 278 g/mol. The molecule has 0 bridgehead atoms. The molecule has 1 N–H and O–H groups in total. The molecule has 2 rings (SSSR count). The lowest BCUT2D eigenvalue weighted by Gasteiger charge is -2.44. The van der Waals surface area contributed by atoms with Gasteiger partial charge in [0, 0.05) is 0 Å². The summed E-state index contributed by atoms with van der Waals surface area (Å²) in [5.41, 5.74) is 0.377. The maximum atomic E-state index is 10.3. The fourth-order valence-corrected chi connectivity index (χ4v) is 4.76. The fraction of sp³-hybridized carbons (Fsp3) is 0.895. The van der Waals surface area contributed by atoms with Gasteiger partial charge in [-0.1, -0.05) is 53.2 Å². The highest BCUT2D eigenvalue weighted by atomic mass is 16.3. The number of hydrogen-bond donors (Lipinski definition) is 1. The van der Waals surface area contributed by atoms with E-state index >= 15 is 0 Å². The number of aliphatic hydroxyl groups excluding tert-OH is 1. The molecule has 20 heavy (non-hydrogen) atoms. The molecule has 0 aromatic rings. The van der Waals surface area contributed by atoms with Crippen LogP contribution in [0.3, 0.4) is 0 Å². The van der Waals surface area contributed by atoms with E-state index in [-0.39, 0.29) is 6.10 Å². The van der Waals surface area contributed by atoms with Crippen molar-refractivity contribution in [2.45, 2.75) is 72.8 Å². The van der Waals surface area contributed by atoms with Crippen molar-refractivity contribution in [3.8, 4) is 0 Å². The highest BCUT2D eigenvalue weighted by Gasteiger charge is 2.51. The number of allylic oxidation sites excluding steroid dienone is 2. The van der Waals surface area contributed by atoms with E-state index in [4.69, 9.17) is 0 Å². The van der Waals surface area contributed by atoms with Crippen LogP contribution in [-0.4, -0.2) is 11.2 Å². The summed E-state index contributed by atoms with van der Waals surface area (Å²) >= 11 is 0. The molecule has 0 amide bonds. The Kier molecular flexibility index (Phi) is 5.00. The summed E-state index contributed by atoms with van der Waals surface area (Å²) in [5.74, 6) is 3.36. The molecular weight excluding hydrogens is 244 g/mol. The van der Waals surface area contributed by atoms with Crippen molar-refractivity contribution in [3.05, 3.63) is 12.2 Å². The van der Waals surface area contributed by atoms with Gasteiger partial charge in [-0.3, -0.25) is 0 Å². The Bertz CT molecular complexity index is 346. The van der Waals surface area contributed by atoms with E-state index in [1.54, 1.807) is 0 Å². The van der Waals surface area contributed by atoms with E-state index < -0.39 is 0 Å². The van der Waals surface area contributed by atoms with E-state index in [1.807, 2.05) is 0 Å². The number of hydrogen-bond acceptors (Lipinski definition) is 1. The largest absolute Gasteiger partial charge is 0.393 e. The molecule has 0 spiro atoms. The van der Waals surface area contributed by atoms with Crippen molar-refractivity contribution in [1.82, 2.24) is 0 Å². The second-order valence-electron chi connectivity index (χ2n) is 8.10. The summed E-state index contributed by atoms with van der Waals surface area (Å²) in [5, 5.41) is 10.3. The van der Waals surface area contributed by atoms with Gasteiger partial charge in [0.05, 0.1) is 6.10 Å². The zero-order chi connectivity index (χ0) is 14.9. The smallest absolute Gasteiger partial charge is 0.0573 e. The molecule has 0 aromatic heterocycles. The number of fused-ring (bicyclic) bond motifs is 1. The second kappa shape index (κ2) is 6.22. The third-order valence-electron chi connectivity index (χ3n) is 6.57. The molecule has 116 valence electrons. The van der Waals surface area contributed by atoms with Crippen LogP contribution in [0.15, 0.2) is 12.2 Å². The predicted molar refractivity (Wildman–Crippen MR) is 86.5 cm³/mol. The summed E-state index contributed by atoms with van der Waals surface area (Å²) < 4.78 is 0. The zero-order valence-corrected chi connectivity index (χ0v) is 14.1. The topological polar surface area (TPSA) is 20.2 Å². The Morgan fingerprint density at radius 1 is 1.05 bits per heavy atom. The highest BCUT2D eigenvalue weighted by Crippen LogP contribution is 2.57. The lowest BCUT2D eigenvalue weighted by atomic mass is 9.62. The van der Waals surface area contributed by atoms with Gasteiger partial charge >= 0.3 is 0 Å². The summed E-state index contributed by atoms with van der Waals surface area (Å²) in [4.78, 5) is 0. The standard InChI is InChI=1S/C19H34O/c1-13(2)14(3)8-9-15(4)16-10-11-17-18(20)7-6-12-19(16,17)5/h8-9,13-18,20H,6-7,10-12H2,1-5H3/b9-8+/t14-,15+,16+,17-,18?,19+/m0/s1. The molecule has 1 nitrogen and oxygen atoms in total. The Balaban J connectivity index is 2.05. The predicted octanol–water partition coefficient (Wildman–Crippen LogP) is 5.05. The molecule has 0 heterocycles. The van der Waals surface area contributed by atoms with Crippen LogP contribution < -0.4 is 0 Å². The van der Waals surface area contributed by atoms with Crippen LogP contribution in [0.1, 0.15) is 66.7 Å². The summed E-state index contributed by atoms with van der Waals surface area (Å²) in [6, 6.07) is 0. The van der Waals surface area contributed by atoms with E-state index in [0.717, 1.165) is 18.3 Å². The maximum absolute atomic E-state index is 10.3. The lowest BCUT2D eigenvalue weighted by molar-refractivity contribution is -0.0231. The van der Waals surface area contributed by atoms with Gasteiger partial charge in [0.15, 0.2) is 0 Å². The van der Waals surface area contributed by atoms with Gasteiger partial charge in [0.1, 0.15) is 0 Å². The fourth-order valence-electron chi connectivity index (χ4n) is 4.76. The average Bonchev–Trinajstić information content (AvgIpc) is 2.74. The quantitative estimate of drug-likeness (QED) is 0.714. The molecule has 2 aliphatic carbocycles. The Labute approximate surface area is 125 Å². The van der Waals surface area contributed by atoms with Gasteiger partial charge in [-0.05, 0) is 60.7 Å². The van der Waals surface area contributed by atoms with Crippen molar-refractivity contribution in [2.24, 2.45) is 35.0 Å². The van der Waals surface area contributed by atoms with Gasteiger partial charge in [0.25, 0.3) is 0 Å². The van der Waals surface area contributed by atoms with Crippen molar-refractivity contribution in [3.63, 3.8) is 0 Å². The number of rotatable bonds is 4. The Morgan fingerprint density at radius 2 is 1.75 bits per heavy atom. The molecule has 0 aromatic carbocycles. The van der Waals surface area contributed by atoms with E-state index in [9.17, 15) is 5.11 Å². The van der Waals surface area contributed by atoms with Crippen LogP contribution in [0.2, 0.25) is 0 Å². The molecule has 2 aliphatic rings. The van der Waals surface area contributed by atoms with Gasteiger partial charge in [-0.15, -0.1) is 0 Å². The Hall–Kier alpha value is -0.300. The van der Waals surface area contributed by atoms with Gasteiger partial charge < -0.3 is 5.11 Å². The summed E-state index contributed by atoms with van der Waals surface area (Å²) in [6.45, 7) is 11.8. The molecule has 0 saturated heterocycles. The Morgan fingerprint density at radius 3 is 2.40 bits per heavy atom. The first-order chi connectivity index (χ1) is 9.36. The molecule has 1 heteroatoms.